The fourth-order valence-electron chi connectivity index (χ4n) is 5.65. The Balaban J connectivity index is 1.46. The molecule has 1 aromatic heterocycles. The number of halogens is 2. The van der Waals surface area contributed by atoms with E-state index in [1.54, 1.807) is 0 Å². The topological polar surface area (TPSA) is 37.3 Å². The van der Waals surface area contributed by atoms with Crippen LogP contribution in [0.15, 0.2) is 72.8 Å². The Kier molecular flexibility index (Phi) is 8.42. The predicted octanol–water partition coefficient (Wildman–Crippen LogP) is 7.77. The van der Waals surface area contributed by atoms with E-state index < -0.39 is 0 Å². The van der Waals surface area contributed by atoms with E-state index >= 15 is 0 Å². The van der Waals surface area contributed by atoms with Crippen LogP contribution in [0.3, 0.4) is 0 Å². The van der Waals surface area contributed by atoms with Crippen molar-refractivity contribution in [1.29, 1.82) is 0 Å². The summed E-state index contributed by atoms with van der Waals surface area (Å²) in [6.07, 6.45) is 2.03. The van der Waals surface area contributed by atoms with Gasteiger partial charge in [0.25, 0.3) is 0 Å². The molecule has 0 radical (unpaired) electrons. The number of carbonyl (C=O) groups excluding carboxylic acids is 1. The van der Waals surface area contributed by atoms with Gasteiger partial charge in [-0.1, -0.05) is 91.6 Å². The standard InChI is InChI=1S/C32H35Cl2N3O/c1-22(2)19-35-30(38)21-37-29-14-7-6-11-25(29)26(32(37)24-9-4-3-5-10-24)20-36-17-15-23(16-18-36)31-27(33)12-8-13-28(31)34/h3-14,22-23H,15-21H2,1-2H3,(H,35,38). The maximum atomic E-state index is 13.0. The molecule has 198 valence electrons. The van der Waals surface area contributed by atoms with E-state index in [9.17, 15) is 4.79 Å². The highest BCUT2D eigenvalue weighted by Crippen LogP contribution is 2.39. The molecule has 0 atom stereocenters. The lowest BCUT2D eigenvalue weighted by Gasteiger charge is -2.33. The summed E-state index contributed by atoms with van der Waals surface area (Å²) in [6, 6.07) is 24.7. The van der Waals surface area contributed by atoms with Gasteiger partial charge in [-0.25, -0.2) is 0 Å². The van der Waals surface area contributed by atoms with Gasteiger partial charge in [0, 0.05) is 34.0 Å². The van der Waals surface area contributed by atoms with Gasteiger partial charge >= 0.3 is 0 Å². The third kappa shape index (κ3) is 5.78. The Morgan fingerprint density at radius 3 is 2.26 bits per heavy atom. The van der Waals surface area contributed by atoms with Gasteiger partial charge in [-0.3, -0.25) is 9.69 Å². The summed E-state index contributed by atoms with van der Waals surface area (Å²) < 4.78 is 2.20. The lowest BCUT2D eigenvalue weighted by atomic mass is 9.89. The van der Waals surface area contributed by atoms with E-state index in [0.29, 0.717) is 24.9 Å². The monoisotopic (exact) mass is 547 g/mol. The Morgan fingerprint density at radius 2 is 1.58 bits per heavy atom. The molecule has 1 amide bonds. The molecule has 1 saturated heterocycles. The average Bonchev–Trinajstić information content (AvgIpc) is 3.21. The van der Waals surface area contributed by atoms with Gasteiger partial charge in [0.1, 0.15) is 6.54 Å². The molecule has 0 saturated carbocycles. The van der Waals surface area contributed by atoms with E-state index in [2.05, 4.69) is 77.2 Å². The zero-order chi connectivity index (χ0) is 26.6. The number of hydrogen-bond acceptors (Lipinski definition) is 2. The third-order valence-corrected chi connectivity index (χ3v) is 8.17. The minimum atomic E-state index is 0.0422. The number of nitrogens with zero attached hydrogens (tertiary/aromatic N) is 2. The van der Waals surface area contributed by atoms with Gasteiger partial charge in [-0.15, -0.1) is 0 Å². The van der Waals surface area contributed by atoms with E-state index in [1.165, 1.54) is 10.9 Å². The van der Waals surface area contributed by atoms with Gasteiger partial charge in [-0.2, -0.15) is 0 Å². The Labute approximate surface area is 235 Å². The molecule has 2 heterocycles. The third-order valence-electron chi connectivity index (χ3n) is 7.51. The molecule has 6 heteroatoms. The van der Waals surface area contributed by atoms with Crippen LogP contribution in [0.1, 0.15) is 43.7 Å². The van der Waals surface area contributed by atoms with Crippen LogP contribution in [0.5, 0.6) is 0 Å². The molecular weight excluding hydrogens is 513 g/mol. The zero-order valence-electron chi connectivity index (χ0n) is 22.1. The number of fused-ring (bicyclic) bond motifs is 1. The lowest BCUT2D eigenvalue weighted by molar-refractivity contribution is -0.121. The van der Waals surface area contributed by atoms with Crippen molar-refractivity contribution in [3.05, 3.63) is 94.0 Å². The Hall–Kier alpha value is -2.79. The first-order chi connectivity index (χ1) is 18.4. The van der Waals surface area contributed by atoms with Gasteiger partial charge in [0.15, 0.2) is 0 Å². The molecule has 1 aliphatic heterocycles. The minimum Gasteiger partial charge on any atom is -0.354 e. The van der Waals surface area contributed by atoms with Crippen LogP contribution >= 0.6 is 23.2 Å². The molecule has 38 heavy (non-hydrogen) atoms. The molecule has 1 N–H and O–H groups in total. The lowest BCUT2D eigenvalue weighted by Crippen LogP contribution is -2.33. The van der Waals surface area contributed by atoms with Gasteiger partial charge in [-0.05, 0) is 72.7 Å². The van der Waals surface area contributed by atoms with Crippen molar-refractivity contribution in [2.45, 2.75) is 45.7 Å². The maximum Gasteiger partial charge on any atom is 0.239 e. The first-order valence-electron chi connectivity index (χ1n) is 13.5. The SMILES string of the molecule is CC(C)CNC(=O)Cn1c(-c2ccccc2)c(CN2CCC(c3c(Cl)cccc3Cl)CC2)c2ccccc21. The molecule has 0 bridgehead atoms. The molecule has 1 aliphatic rings. The summed E-state index contributed by atoms with van der Waals surface area (Å²) in [5.74, 6) is 0.820. The van der Waals surface area contributed by atoms with Crippen LogP contribution in [0.4, 0.5) is 0 Å². The number of rotatable bonds is 8. The van der Waals surface area contributed by atoms with Crippen LogP contribution < -0.4 is 5.32 Å². The molecule has 4 nitrogen and oxygen atoms in total. The second-order valence-electron chi connectivity index (χ2n) is 10.7. The van der Waals surface area contributed by atoms with Crippen molar-refractivity contribution in [2.75, 3.05) is 19.6 Å². The zero-order valence-corrected chi connectivity index (χ0v) is 23.6. The van der Waals surface area contributed by atoms with Gasteiger partial charge < -0.3 is 9.88 Å². The van der Waals surface area contributed by atoms with Crippen LogP contribution in [0.25, 0.3) is 22.2 Å². The number of hydrogen-bond donors (Lipinski definition) is 1. The van der Waals surface area contributed by atoms with Crippen LogP contribution in [0.2, 0.25) is 10.0 Å². The van der Waals surface area contributed by atoms with E-state index in [4.69, 9.17) is 23.2 Å². The summed E-state index contributed by atoms with van der Waals surface area (Å²) in [6.45, 7) is 7.96. The number of carbonyl (C=O) groups is 1. The summed E-state index contributed by atoms with van der Waals surface area (Å²) in [7, 11) is 0. The van der Waals surface area contributed by atoms with Crippen molar-refractivity contribution in [3.8, 4) is 11.3 Å². The van der Waals surface area contributed by atoms with Crippen molar-refractivity contribution < 1.29 is 4.79 Å². The number of para-hydroxylation sites is 1. The number of likely N-dealkylation sites (tertiary alicyclic amines) is 1. The first kappa shape index (κ1) is 26.8. The number of amides is 1. The van der Waals surface area contributed by atoms with Gasteiger partial charge in [0.2, 0.25) is 5.91 Å². The van der Waals surface area contributed by atoms with Crippen molar-refractivity contribution >= 4 is 40.0 Å². The maximum absolute atomic E-state index is 13.0. The number of aromatic nitrogens is 1. The van der Waals surface area contributed by atoms with Crippen LogP contribution in [0, 0.1) is 5.92 Å². The summed E-state index contributed by atoms with van der Waals surface area (Å²) in [5, 5.41) is 5.84. The fraction of sp³-hybridized carbons (Fsp3) is 0.344. The van der Waals surface area contributed by atoms with E-state index in [-0.39, 0.29) is 5.91 Å². The predicted molar refractivity (Wildman–Crippen MR) is 159 cm³/mol. The fourth-order valence-corrected chi connectivity index (χ4v) is 6.35. The highest BCUT2D eigenvalue weighted by Gasteiger charge is 2.27. The van der Waals surface area contributed by atoms with Crippen LogP contribution in [-0.4, -0.2) is 35.0 Å². The Morgan fingerprint density at radius 1 is 0.921 bits per heavy atom. The quantitative estimate of drug-likeness (QED) is 0.244. The molecule has 0 aliphatic carbocycles. The highest BCUT2D eigenvalue weighted by molar-refractivity contribution is 6.36. The molecule has 3 aromatic carbocycles. The van der Waals surface area contributed by atoms with Crippen molar-refractivity contribution in [2.24, 2.45) is 5.92 Å². The number of nitrogens with one attached hydrogen (secondary N) is 1. The molecular formula is C32H35Cl2N3O. The van der Waals surface area contributed by atoms with Crippen LogP contribution in [-0.2, 0) is 17.9 Å². The van der Waals surface area contributed by atoms with Gasteiger partial charge in [0.05, 0.1) is 5.69 Å². The number of benzene rings is 3. The normalized spacial score (nSPS) is 14.9. The minimum absolute atomic E-state index is 0.0422. The highest BCUT2D eigenvalue weighted by atomic mass is 35.5. The van der Waals surface area contributed by atoms with Crippen molar-refractivity contribution in [1.82, 2.24) is 14.8 Å². The largest absolute Gasteiger partial charge is 0.354 e. The smallest absolute Gasteiger partial charge is 0.239 e. The summed E-state index contributed by atoms with van der Waals surface area (Å²) in [5.41, 5.74) is 5.72. The Bertz CT molecular complexity index is 1390. The second kappa shape index (κ2) is 11.9. The number of piperidine rings is 1. The first-order valence-corrected chi connectivity index (χ1v) is 14.3. The van der Waals surface area contributed by atoms with Crippen molar-refractivity contribution in [3.63, 3.8) is 0 Å². The molecule has 5 rings (SSSR count). The molecule has 0 spiro atoms. The summed E-state index contributed by atoms with van der Waals surface area (Å²) in [4.78, 5) is 15.5. The molecule has 4 aromatic rings. The van der Waals surface area contributed by atoms with E-state index in [0.717, 1.165) is 64.9 Å². The summed E-state index contributed by atoms with van der Waals surface area (Å²) >= 11 is 13.1. The van der Waals surface area contributed by atoms with E-state index in [1.807, 2.05) is 24.3 Å². The average molecular weight is 549 g/mol. The second-order valence-corrected chi connectivity index (χ2v) is 11.5. The molecule has 0 unspecified atom stereocenters. The molecule has 1 fully saturated rings.